The molecule has 9 heteroatoms. The van der Waals surface area contributed by atoms with Crippen molar-refractivity contribution >= 4 is 29.1 Å². The van der Waals surface area contributed by atoms with Crippen LogP contribution in [-0.4, -0.2) is 62.1 Å². The van der Waals surface area contributed by atoms with Gasteiger partial charge in [0.25, 0.3) is 11.8 Å². The van der Waals surface area contributed by atoms with Crippen molar-refractivity contribution in [3.8, 4) is 16.9 Å². The maximum Gasteiger partial charge on any atom is 0.255 e. The standard InChI is InChI=1S/C27H28N4O5/c28-25(32)18-36-24-11-10-22(16-23(24)30-26(33)17-31-12-14-35-15-13-31)29-27(34)21-8-6-20(7-9-21)19-4-2-1-3-5-19/h1-11,16H,12-15,17-18H2,(H2,28,32)(H,29,34)(H,30,33). The van der Waals surface area contributed by atoms with Crippen LogP contribution >= 0.6 is 0 Å². The molecule has 4 N–H and O–H groups in total. The Hall–Kier alpha value is -4.21. The lowest BCUT2D eigenvalue weighted by Gasteiger charge is -2.26. The predicted octanol–water partition coefficient (Wildman–Crippen LogP) is 2.74. The van der Waals surface area contributed by atoms with E-state index in [-0.39, 0.29) is 30.7 Å². The first-order valence-corrected chi connectivity index (χ1v) is 11.6. The third-order valence-electron chi connectivity index (χ3n) is 5.61. The van der Waals surface area contributed by atoms with Crippen LogP contribution in [0.4, 0.5) is 11.4 Å². The largest absolute Gasteiger partial charge is 0.482 e. The van der Waals surface area contributed by atoms with Crippen molar-refractivity contribution in [3.05, 3.63) is 78.4 Å². The lowest BCUT2D eigenvalue weighted by atomic mass is 10.0. The third kappa shape index (κ3) is 6.91. The van der Waals surface area contributed by atoms with Crippen LogP contribution in [0.2, 0.25) is 0 Å². The summed E-state index contributed by atoms with van der Waals surface area (Å²) in [6.07, 6.45) is 0. The Morgan fingerprint density at radius 1 is 0.889 bits per heavy atom. The number of nitrogens with one attached hydrogen (secondary N) is 2. The second kappa shape index (κ2) is 12.0. The summed E-state index contributed by atoms with van der Waals surface area (Å²) in [5.74, 6) is -0.918. The molecule has 1 saturated heterocycles. The smallest absolute Gasteiger partial charge is 0.255 e. The molecule has 1 aliphatic heterocycles. The molecule has 1 heterocycles. The molecule has 1 fully saturated rings. The summed E-state index contributed by atoms with van der Waals surface area (Å²) in [6, 6.07) is 22.0. The van der Waals surface area contributed by atoms with E-state index in [9.17, 15) is 14.4 Å². The highest BCUT2D eigenvalue weighted by Crippen LogP contribution is 2.29. The summed E-state index contributed by atoms with van der Waals surface area (Å²) in [5.41, 5.74) is 8.54. The van der Waals surface area contributed by atoms with Crippen LogP contribution in [0.15, 0.2) is 72.8 Å². The lowest BCUT2D eigenvalue weighted by molar-refractivity contribution is -0.120. The van der Waals surface area contributed by atoms with Gasteiger partial charge in [0.05, 0.1) is 25.4 Å². The minimum Gasteiger partial charge on any atom is -0.482 e. The number of nitrogens with zero attached hydrogens (tertiary/aromatic N) is 1. The van der Waals surface area contributed by atoms with Gasteiger partial charge in [-0.3, -0.25) is 19.3 Å². The first kappa shape index (κ1) is 24.9. The number of benzene rings is 3. The second-order valence-electron chi connectivity index (χ2n) is 8.30. The minimum atomic E-state index is -0.642. The molecule has 186 valence electrons. The molecule has 0 unspecified atom stereocenters. The van der Waals surface area contributed by atoms with Crippen molar-refractivity contribution in [2.75, 3.05) is 50.1 Å². The number of ether oxygens (including phenoxy) is 2. The van der Waals surface area contributed by atoms with Gasteiger partial charge in [-0.05, 0) is 41.5 Å². The molecule has 36 heavy (non-hydrogen) atoms. The normalized spacial score (nSPS) is 13.6. The van der Waals surface area contributed by atoms with Crippen LogP contribution in [0.3, 0.4) is 0 Å². The van der Waals surface area contributed by atoms with Gasteiger partial charge in [-0.15, -0.1) is 0 Å². The van der Waals surface area contributed by atoms with Crippen molar-refractivity contribution in [3.63, 3.8) is 0 Å². The highest BCUT2D eigenvalue weighted by Gasteiger charge is 2.17. The van der Waals surface area contributed by atoms with Gasteiger partial charge in [-0.25, -0.2) is 0 Å². The summed E-state index contributed by atoms with van der Waals surface area (Å²) in [5, 5.41) is 5.65. The number of morpholine rings is 1. The molecule has 3 aromatic carbocycles. The molecule has 0 aliphatic carbocycles. The van der Waals surface area contributed by atoms with Crippen LogP contribution < -0.4 is 21.1 Å². The van der Waals surface area contributed by atoms with E-state index in [1.807, 2.05) is 47.4 Å². The number of rotatable bonds is 9. The van der Waals surface area contributed by atoms with Crippen molar-refractivity contribution < 1.29 is 23.9 Å². The van der Waals surface area contributed by atoms with Crippen molar-refractivity contribution in [1.82, 2.24) is 4.90 Å². The zero-order valence-corrected chi connectivity index (χ0v) is 19.7. The Morgan fingerprint density at radius 2 is 1.58 bits per heavy atom. The number of hydrogen-bond acceptors (Lipinski definition) is 6. The summed E-state index contributed by atoms with van der Waals surface area (Å²) in [4.78, 5) is 38.7. The van der Waals surface area contributed by atoms with Gasteiger partial charge >= 0.3 is 0 Å². The fourth-order valence-electron chi connectivity index (χ4n) is 3.78. The monoisotopic (exact) mass is 488 g/mol. The van der Waals surface area contributed by atoms with Crippen LogP contribution in [0.25, 0.3) is 11.1 Å². The van der Waals surface area contributed by atoms with Gasteiger partial charge < -0.3 is 25.8 Å². The van der Waals surface area contributed by atoms with E-state index >= 15 is 0 Å². The number of amides is 3. The van der Waals surface area contributed by atoms with Crippen LogP contribution in [0.1, 0.15) is 10.4 Å². The molecule has 3 amide bonds. The maximum atomic E-state index is 12.8. The van der Waals surface area contributed by atoms with Crippen LogP contribution in [-0.2, 0) is 14.3 Å². The molecular formula is C27H28N4O5. The van der Waals surface area contributed by atoms with E-state index in [0.717, 1.165) is 11.1 Å². The molecule has 9 nitrogen and oxygen atoms in total. The molecule has 1 aliphatic rings. The van der Waals surface area contributed by atoms with Crippen molar-refractivity contribution in [1.29, 1.82) is 0 Å². The molecule has 0 bridgehead atoms. The Morgan fingerprint density at radius 3 is 2.28 bits per heavy atom. The molecule has 0 aromatic heterocycles. The van der Waals surface area contributed by atoms with E-state index in [4.69, 9.17) is 15.2 Å². The van der Waals surface area contributed by atoms with E-state index in [0.29, 0.717) is 43.2 Å². The first-order chi connectivity index (χ1) is 17.5. The fourth-order valence-corrected chi connectivity index (χ4v) is 3.78. The first-order valence-electron chi connectivity index (χ1n) is 11.6. The molecule has 0 atom stereocenters. The van der Waals surface area contributed by atoms with Gasteiger partial charge in [-0.1, -0.05) is 42.5 Å². The Labute approximate surface area is 209 Å². The highest BCUT2D eigenvalue weighted by atomic mass is 16.5. The fraction of sp³-hybridized carbons (Fsp3) is 0.222. The molecule has 4 rings (SSSR count). The SMILES string of the molecule is NC(=O)COc1ccc(NC(=O)c2ccc(-c3ccccc3)cc2)cc1NC(=O)CN1CCOCC1. The number of nitrogens with two attached hydrogens (primary N) is 1. The molecule has 0 radical (unpaired) electrons. The average molecular weight is 489 g/mol. The van der Waals surface area contributed by atoms with Gasteiger partial charge in [-0.2, -0.15) is 0 Å². The van der Waals surface area contributed by atoms with E-state index in [1.54, 1.807) is 30.3 Å². The number of carbonyl (C=O) groups is 3. The van der Waals surface area contributed by atoms with Crippen LogP contribution in [0.5, 0.6) is 5.75 Å². The van der Waals surface area contributed by atoms with Gasteiger partial charge in [0.15, 0.2) is 6.61 Å². The zero-order chi connectivity index (χ0) is 25.3. The van der Waals surface area contributed by atoms with E-state index in [1.165, 1.54) is 0 Å². The second-order valence-corrected chi connectivity index (χ2v) is 8.30. The summed E-state index contributed by atoms with van der Waals surface area (Å²) in [7, 11) is 0. The maximum absolute atomic E-state index is 12.8. The quantitative estimate of drug-likeness (QED) is 0.426. The van der Waals surface area contributed by atoms with Gasteiger partial charge in [0.1, 0.15) is 5.75 Å². The van der Waals surface area contributed by atoms with Gasteiger partial charge in [0, 0.05) is 24.3 Å². The Balaban J connectivity index is 1.46. The summed E-state index contributed by atoms with van der Waals surface area (Å²) >= 11 is 0. The number of hydrogen-bond donors (Lipinski definition) is 3. The lowest BCUT2D eigenvalue weighted by Crippen LogP contribution is -2.41. The number of carbonyl (C=O) groups excluding carboxylic acids is 3. The van der Waals surface area contributed by atoms with E-state index in [2.05, 4.69) is 10.6 Å². The molecular weight excluding hydrogens is 460 g/mol. The van der Waals surface area contributed by atoms with Crippen molar-refractivity contribution in [2.45, 2.75) is 0 Å². The Bertz CT molecular complexity index is 1210. The van der Waals surface area contributed by atoms with Gasteiger partial charge in [0.2, 0.25) is 5.91 Å². The van der Waals surface area contributed by atoms with Crippen molar-refractivity contribution in [2.24, 2.45) is 5.73 Å². The van der Waals surface area contributed by atoms with E-state index < -0.39 is 5.91 Å². The summed E-state index contributed by atoms with van der Waals surface area (Å²) < 4.78 is 10.8. The summed E-state index contributed by atoms with van der Waals surface area (Å²) in [6.45, 7) is 2.33. The predicted molar refractivity (Wildman–Crippen MR) is 137 cm³/mol. The van der Waals surface area contributed by atoms with Crippen LogP contribution in [0, 0.1) is 0 Å². The Kier molecular flexibility index (Phi) is 8.28. The topological polar surface area (TPSA) is 123 Å². The third-order valence-corrected chi connectivity index (χ3v) is 5.61. The molecule has 0 spiro atoms. The zero-order valence-electron chi connectivity index (χ0n) is 19.7. The number of anilines is 2. The minimum absolute atomic E-state index is 0.184. The highest BCUT2D eigenvalue weighted by molar-refractivity contribution is 6.05. The molecule has 0 saturated carbocycles. The molecule has 3 aromatic rings. The number of primary amides is 1. The average Bonchev–Trinajstić information content (AvgIpc) is 2.89.